The summed E-state index contributed by atoms with van der Waals surface area (Å²) in [6.45, 7) is 8.37. The fourth-order valence-electron chi connectivity index (χ4n) is 3.82. The molecule has 6 heteroatoms. The summed E-state index contributed by atoms with van der Waals surface area (Å²) in [4.78, 5) is 23.8. The number of esters is 2. The van der Waals surface area contributed by atoms with Crippen LogP contribution in [-0.4, -0.2) is 38.2 Å². The predicted molar refractivity (Wildman–Crippen MR) is 142 cm³/mol. The van der Waals surface area contributed by atoms with E-state index in [0.717, 1.165) is 50.1 Å². The van der Waals surface area contributed by atoms with Crippen LogP contribution >= 0.6 is 0 Å². The maximum atomic E-state index is 12.5. The Labute approximate surface area is 214 Å². The molecule has 0 unspecified atom stereocenters. The first-order chi connectivity index (χ1) is 17.5. The molecule has 1 heterocycles. The monoisotopic (exact) mass is 491 g/mol. The lowest BCUT2D eigenvalue weighted by Crippen LogP contribution is -2.26. The van der Waals surface area contributed by atoms with Crippen molar-refractivity contribution in [3.05, 3.63) is 77.9 Å². The highest BCUT2D eigenvalue weighted by Crippen LogP contribution is 2.20. The van der Waals surface area contributed by atoms with Crippen LogP contribution in [0.4, 0.5) is 0 Å². The number of carbonyl (C=O) groups is 2. The molecule has 0 amide bonds. The van der Waals surface area contributed by atoms with Gasteiger partial charge in [-0.15, -0.1) is 0 Å². The zero-order valence-electron chi connectivity index (χ0n) is 21.2. The van der Waals surface area contributed by atoms with E-state index in [1.54, 1.807) is 43.3 Å². The van der Waals surface area contributed by atoms with Crippen molar-refractivity contribution in [2.45, 2.75) is 45.4 Å². The van der Waals surface area contributed by atoms with E-state index in [4.69, 9.17) is 14.2 Å². The normalized spacial score (nSPS) is 13.9. The summed E-state index contributed by atoms with van der Waals surface area (Å²) in [6.07, 6.45) is 10.4. The minimum Gasteiger partial charge on any atom is -0.494 e. The molecule has 0 atom stereocenters. The van der Waals surface area contributed by atoms with Crippen LogP contribution in [0.25, 0.3) is 6.08 Å². The molecule has 3 rings (SSSR count). The summed E-state index contributed by atoms with van der Waals surface area (Å²) in [5, 5.41) is 3.37. The second-order valence-electron chi connectivity index (χ2n) is 9.11. The summed E-state index contributed by atoms with van der Waals surface area (Å²) in [5.74, 6) is 1.11. The summed E-state index contributed by atoms with van der Waals surface area (Å²) in [6, 6.07) is 14.6. The number of rotatable bonds is 13. The Morgan fingerprint density at radius 1 is 0.917 bits per heavy atom. The Bertz CT molecular complexity index is 1000. The second-order valence-corrected chi connectivity index (χ2v) is 9.11. The van der Waals surface area contributed by atoms with Gasteiger partial charge in [0.15, 0.2) is 0 Å². The van der Waals surface area contributed by atoms with Crippen molar-refractivity contribution in [2.24, 2.45) is 5.92 Å². The third kappa shape index (κ3) is 9.70. The Morgan fingerprint density at radius 3 is 2.22 bits per heavy atom. The van der Waals surface area contributed by atoms with E-state index >= 15 is 0 Å². The number of unbranched alkanes of at least 4 members (excludes halogenated alkanes) is 3. The van der Waals surface area contributed by atoms with Crippen LogP contribution in [0, 0.1) is 5.92 Å². The highest BCUT2D eigenvalue weighted by Gasteiger charge is 2.10. The smallest absolute Gasteiger partial charge is 0.343 e. The van der Waals surface area contributed by atoms with Crippen molar-refractivity contribution < 1.29 is 23.8 Å². The van der Waals surface area contributed by atoms with E-state index in [-0.39, 0.29) is 11.9 Å². The fourth-order valence-corrected chi connectivity index (χ4v) is 3.82. The fraction of sp³-hybridized carbons (Fsp3) is 0.400. The van der Waals surface area contributed by atoms with Gasteiger partial charge in [-0.2, -0.15) is 0 Å². The molecule has 1 aliphatic heterocycles. The lowest BCUT2D eigenvalue weighted by molar-refractivity contribution is -0.139. The van der Waals surface area contributed by atoms with E-state index in [1.165, 1.54) is 12.8 Å². The molecule has 192 valence electrons. The molecule has 1 fully saturated rings. The number of allylic oxidation sites excluding steroid dienone is 1. The molecule has 0 spiro atoms. The quantitative estimate of drug-likeness (QED) is 0.161. The molecular formula is C30H37NO5. The first-order valence-corrected chi connectivity index (χ1v) is 12.8. The van der Waals surface area contributed by atoms with Gasteiger partial charge in [0.05, 0.1) is 18.8 Å². The number of carbonyl (C=O) groups excluding carboxylic acids is 2. The molecule has 0 aromatic heterocycles. The largest absolute Gasteiger partial charge is 0.494 e. The molecule has 0 radical (unpaired) electrons. The maximum Gasteiger partial charge on any atom is 0.343 e. The van der Waals surface area contributed by atoms with Crippen molar-refractivity contribution in [3.63, 3.8) is 0 Å². The van der Waals surface area contributed by atoms with E-state index in [2.05, 4.69) is 24.0 Å². The SMILES string of the molecule is C=C(C)C(=O)OCCCCCCOc1ccc(OC(=O)c2ccc(/C=C/C3CCNCC3)cc2)cc1. The third-order valence-electron chi connectivity index (χ3n) is 6.01. The van der Waals surface area contributed by atoms with E-state index < -0.39 is 0 Å². The maximum absolute atomic E-state index is 12.5. The van der Waals surface area contributed by atoms with Crippen molar-refractivity contribution in [2.75, 3.05) is 26.3 Å². The Morgan fingerprint density at radius 2 is 1.56 bits per heavy atom. The van der Waals surface area contributed by atoms with Crippen LogP contribution < -0.4 is 14.8 Å². The number of ether oxygens (including phenoxy) is 3. The topological polar surface area (TPSA) is 73.9 Å². The molecule has 36 heavy (non-hydrogen) atoms. The van der Waals surface area contributed by atoms with Crippen LogP contribution in [-0.2, 0) is 9.53 Å². The molecule has 1 saturated heterocycles. The molecular weight excluding hydrogens is 454 g/mol. The summed E-state index contributed by atoms with van der Waals surface area (Å²) in [5.41, 5.74) is 2.02. The molecule has 2 aromatic rings. The number of nitrogens with one attached hydrogen (secondary N) is 1. The zero-order valence-corrected chi connectivity index (χ0v) is 21.2. The van der Waals surface area contributed by atoms with Gasteiger partial charge < -0.3 is 19.5 Å². The van der Waals surface area contributed by atoms with Crippen LogP contribution in [0.5, 0.6) is 11.5 Å². The van der Waals surface area contributed by atoms with Gasteiger partial charge in [-0.25, -0.2) is 9.59 Å². The van der Waals surface area contributed by atoms with Gasteiger partial charge in [-0.05, 0) is 106 Å². The zero-order chi connectivity index (χ0) is 25.6. The summed E-state index contributed by atoms with van der Waals surface area (Å²) < 4.78 is 16.3. The number of benzene rings is 2. The van der Waals surface area contributed by atoms with Crippen molar-refractivity contribution in [1.82, 2.24) is 5.32 Å². The van der Waals surface area contributed by atoms with Gasteiger partial charge in [0, 0.05) is 5.57 Å². The summed E-state index contributed by atoms with van der Waals surface area (Å²) >= 11 is 0. The third-order valence-corrected chi connectivity index (χ3v) is 6.01. The second kappa shape index (κ2) is 14.9. The first-order valence-electron chi connectivity index (χ1n) is 12.8. The van der Waals surface area contributed by atoms with Crippen LogP contribution in [0.2, 0.25) is 0 Å². The van der Waals surface area contributed by atoms with Gasteiger partial charge in [-0.1, -0.05) is 30.9 Å². The van der Waals surface area contributed by atoms with Crippen molar-refractivity contribution in [1.29, 1.82) is 0 Å². The average Bonchev–Trinajstić information content (AvgIpc) is 2.90. The van der Waals surface area contributed by atoms with Gasteiger partial charge in [0.2, 0.25) is 0 Å². The number of hydrogen-bond donors (Lipinski definition) is 1. The number of hydrogen-bond acceptors (Lipinski definition) is 6. The van der Waals surface area contributed by atoms with Crippen LogP contribution in [0.3, 0.4) is 0 Å². The Hall–Kier alpha value is -3.38. The van der Waals surface area contributed by atoms with Gasteiger partial charge in [0.25, 0.3) is 0 Å². The predicted octanol–water partition coefficient (Wildman–Crippen LogP) is 5.98. The Kier molecular flexibility index (Phi) is 11.3. The molecule has 2 aromatic carbocycles. The van der Waals surface area contributed by atoms with E-state index in [1.807, 2.05) is 12.1 Å². The van der Waals surface area contributed by atoms with Gasteiger partial charge in [0.1, 0.15) is 11.5 Å². The van der Waals surface area contributed by atoms with Gasteiger partial charge >= 0.3 is 11.9 Å². The average molecular weight is 492 g/mol. The van der Waals surface area contributed by atoms with Crippen molar-refractivity contribution in [3.8, 4) is 11.5 Å². The minimum absolute atomic E-state index is 0.332. The highest BCUT2D eigenvalue weighted by atomic mass is 16.5. The van der Waals surface area contributed by atoms with Gasteiger partial charge in [-0.3, -0.25) is 0 Å². The molecule has 0 bridgehead atoms. The molecule has 0 saturated carbocycles. The summed E-state index contributed by atoms with van der Waals surface area (Å²) in [7, 11) is 0. The molecule has 1 N–H and O–H groups in total. The van der Waals surface area contributed by atoms with Crippen LogP contribution in [0.1, 0.15) is 61.4 Å². The first kappa shape index (κ1) is 27.2. The Balaban J connectivity index is 1.33. The van der Waals surface area contributed by atoms with E-state index in [0.29, 0.717) is 36.0 Å². The molecule has 1 aliphatic rings. The minimum atomic E-state index is -0.383. The lowest BCUT2D eigenvalue weighted by atomic mass is 9.97. The van der Waals surface area contributed by atoms with E-state index in [9.17, 15) is 9.59 Å². The highest BCUT2D eigenvalue weighted by molar-refractivity contribution is 5.91. The van der Waals surface area contributed by atoms with Crippen LogP contribution in [0.15, 0.2) is 66.8 Å². The molecule has 0 aliphatic carbocycles. The lowest BCUT2D eigenvalue weighted by Gasteiger charge is -2.19. The standard InChI is InChI=1S/C30H37NO5/c1-23(2)29(32)35-22-6-4-3-5-21-34-27-13-15-28(16-14-27)36-30(33)26-11-9-24(10-12-26)7-8-25-17-19-31-20-18-25/h7-16,25,31H,1,3-6,17-22H2,2H3/b8-7+. The van der Waals surface area contributed by atoms with Crippen molar-refractivity contribution >= 4 is 18.0 Å². The molecule has 6 nitrogen and oxygen atoms in total. The number of piperidine rings is 1.